The number of carbonyl (C=O) groups excluding carboxylic acids is 1. The summed E-state index contributed by atoms with van der Waals surface area (Å²) < 4.78 is 2.08. The molecule has 1 N–H and O–H groups in total. The van der Waals surface area contributed by atoms with E-state index < -0.39 is 0 Å². The first-order valence-corrected chi connectivity index (χ1v) is 9.79. The number of rotatable bonds is 4. The summed E-state index contributed by atoms with van der Waals surface area (Å²) in [5.41, 5.74) is 3.65. The predicted molar refractivity (Wildman–Crippen MR) is 112 cm³/mol. The number of halogens is 1. The number of aromatic nitrogens is 1. The van der Waals surface area contributed by atoms with Gasteiger partial charge in [-0.25, -0.2) is 4.98 Å². The summed E-state index contributed by atoms with van der Waals surface area (Å²) >= 11 is 5.14. The zero-order valence-corrected chi connectivity index (χ0v) is 16.2. The van der Waals surface area contributed by atoms with Gasteiger partial charge in [-0.15, -0.1) is 11.3 Å². The summed E-state index contributed by atoms with van der Waals surface area (Å²) in [4.78, 5) is 17.2. The lowest BCUT2D eigenvalue weighted by Crippen LogP contribution is -2.15. The molecule has 0 aliphatic rings. The van der Waals surface area contributed by atoms with Crippen molar-refractivity contribution in [1.29, 1.82) is 0 Å². The molecule has 128 valence electrons. The molecular formula is C21H15BrN2OS. The Hall–Kier alpha value is -2.50. The third-order valence-electron chi connectivity index (χ3n) is 3.99. The lowest BCUT2D eigenvalue weighted by Gasteiger charge is -2.10. The van der Waals surface area contributed by atoms with Crippen LogP contribution in [0.25, 0.3) is 20.8 Å². The van der Waals surface area contributed by atoms with Gasteiger partial charge in [-0.1, -0.05) is 58.4 Å². The number of hydrogen-bond donors (Lipinski definition) is 1. The molecule has 1 heterocycles. The Morgan fingerprint density at radius 2 is 1.77 bits per heavy atom. The van der Waals surface area contributed by atoms with Crippen LogP contribution < -0.4 is 5.32 Å². The molecule has 0 spiro atoms. The monoisotopic (exact) mass is 422 g/mol. The van der Waals surface area contributed by atoms with Crippen LogP contribution in [-0.2, 0) is 11.2 Å². The number of para-hydroxylation sites is 1. The van der Waals surface area contributed by atoms with E-state index >= 15 is 0 Å². The first kappa shape index (κ1) is 16.9. The molecular weight excluding hydrogens is 408 g/mol. The van der Waals surface area contributed by atoms with Crippen molar-refractivity contribution in [3.05, 3.63) is 82.8 Å². The molecule has 0 atom stereocenters. The van der Waals surface area contributed by atoms with Gasteiger partial charge in [0, 0.05) is 10.0 Å². The van der Waals surface area contributed by atoms with E-state index in [0.29, 0.717) is 6.42 Å². The highest BCUT2D eigenvalue weighted by Gasteiger charge is 2.13. The van der Waals surface area contributed by atoms with Crippen LogP contribution in [0.4, 0.5) is 5.69 Å². The van der Waals surface area contributed by atoms with Crippen molar-refractivity contribution in [2.75, 3.05) is 5.32 Å². The van der Waals surface area contributed by atoms with Crippen LogP contribution in [-0.4, -0.2) is 10.9 Å². The molecule has 0 unspecified atom stereocenters. The maximum atomic E-state index is 12.5. The van der Waals surface area contributed by atoms with Crippen LogP contribution in [0.1, 0.15) is 5.56 Å². The van der Waals surface area contributed by atoms with Crippen LogP contribution in [0.2, 0.25) is 0 Å². The molecule has 0 aliphatic carbocycles. The molecule has 1 aromatic heterocycles. The molecule has 3 nitrogen and oxygen atoms in total. The van der Waals surface area contributed by atoms with E-state index in [2.05, 4.69) is 27.3 Å². The molecule has 0 radical (unpaired) electrons. The maximum Gasteiger partial charge on any atom is 0.228 e. The standard InChI is InChI=1S/C21H15BrN2OS/c22-15-10-11-17(23-20(25)12-14-6-2-1-3-7-14)16(13-15)21-24-18-8-4-5-9-19(18)26-21/h1-11,13H,12H2,(H,23,25). The summed E-state index contributed by atoms with van der Waals surface area (Å²) in [6.07, 6.45) is 0.343. The van der Waals surface area contributed by atoms with Gasteiger partial charge in [-0.05, 0) is 35.9 Å². The maximum absolute atomic E-state index is 12.5. The number of amides is 1. The van der Waals surface area contributed by atoms with Gasteiger partial charge in [0.15, 0.2) is 0 Å². The molecule has 1 amide bonds. The van der Waals surface area contributed by atoms with Gasteiger partial charge in [0.05, 0.1) is 22.3 Å². The van der Waals surface area contributed by atoms with E-state index in [-0.39, 0.29) is 5.91 Å². The Balaban J connectivity index is 1.65. The van der Waals surface area contributed by atoms with Crippen LogP contribution in [0, 0.1) is 0 Å². The van der Waals surface area contributed by atoms with Gasteiger partial charge in [-0.3, -0.25) is 4.79 Å². The van der Waals surface area contributed by atoms with Crippen LogP contribution in [0.3, 0.4) is 0 Å². The van der Waals surface area contributed by atoms with Gasteiger partial charge in [0.2, 0.25) is 5.91 Å². The molecule has 4 aromatic rings. The number of benzene rings is 3. The third kappa shape index (κ3) is 3.69. The molecule has 26 heavy (non-hydrogen) atoms. The molecule has 0 fully saturated rings. The second-order valence-electron chi connectivity index (χ2n) is 5.89. The number of anilines is 1. The molecule has 3 aromatic carbocycles. The topological polar surface area (TPSA) is 42.0 Å². The number of nitrogens with one attached hydrogen (secondary N) is 1. The van der Waals surface area contributed by atoms with Gasteiger partial charge in [-0.2, -0.15) is 0 Å². The first-order chi connectivity index (χ1) is 12.7. The Bertz CT molecular complexity index is 1040. The number of thiazole rings is 1. The summed E-state index contributed by atoms with van der Waals surface area (Å²) in [7, 11) is 0. The van der Waals surface area contributed by atoms with Crippen LogP contribution in [0.5, 0.6) is 0 Å². The fraction of sp³-hybridized carbons (Fsp3) is 0.0476. The second-order valence-corrected chi connectivity index (χ2v) is 7.83. The minimum absolute atomic E-state index is 0.0408. The highest BCUT2D eigenvalue weighted by atomic mass is 79.9. The second kappa shape index (κ2) is 7.40. The lowest BCUT2D eigenvalue weighted by molar-refractivity contribution is -0.115. The van der Waals surface area contributed by atoms with Gasteiger partial charge >= 0.3 is 0 Å². The molecule has 0 aliphatic heterocycles. The van der Waals surface area contributed by atoms with E-state index in [4.69, 9.17) is 4.98 Å². The minimum Gasteiger partial charge on any atom is -0.325 e. The van der Waals surface area contributed by atoms with Crippen molar-refractivity contribution >= 4 is 49.1 Å². The minimum atomic E-state index is -0.0408. The lowest BCUT2D eigenvalue weighted by atomic mass is 10.1. The quantitative estimate of drug-likeness (QED) is 0.444. The van der Waals surface area contributed by atoms with E-state index in [9.17, 15) is 4.79 Å². The SMILES string of the molecule is O=C(Cc1ccccc1)Nc1ccc(Br)cc1-c1nc2ccccc2s1. The van der Waals surface area contributed by atoms with Crippen molar-refractivity contribution < 1.29 is 4.79 Å². The largest absolute Gasteiger partial charge is 0.325 e. The van der Waals surface area contributed by atoms with Crippen molar-refractivity contribution in [3.8, 4) is 10.6 Å². The third-order valence-corrected chi connectivity index (χ3v) is 5.55. The van der Waals surface area contributed by atoms with Crippen LogP contribution in [0.15, 0.2) is 77.3 Å². The predicted octanol–water partition coefficient (Wildman–Crippen LogP) is 5.91. The van der Waals surface area contributed by atoms with Crippen molar-refractivity contribution in [1.82, 2.24) is 4.98 Å². The average molecular weight is 423 g/mol. The Kier molecular flexibility index (Phi) is 4.82. The fourth-order valence-corrected chi connectivity index (χ4v) is 4.12. The first-order valence-electron chi connectivity index (χ1n) is 8.18. The van der Waals surface area contributed by atoms with Gasteiger partial charge in [0.1, 0.15) is 5.01 Å². The smallest absolute Gasteiger partial charge is 0.228 e. The Labute approximate surface area is 163 Å². The van der Waals surface area contributed by atoms with Crippen molar-refractivity contribution in [2.45, 2.75) is 6.42 Å². The van der Waals surface area contributed by atoms with E-state index in [1.165, 1.54) is 0 Å². The number of carbonyl (C=O) groups is 1. The number of nitrogens with zero attached hydrogens (tertiary/aromatic N) is 1. The normalized spacial score (nSPS) is 10.8. The zero-order valence-electron chi connectivity index (χ0n) is 13.8. The number of hydrogen-bond acceptors (Lipinski definition) is 3. The molecule has 4 rings (SSSR count). The Morgan fingerprint density at radius 1 is 1.00 bits per heavy atom. The van der Waals surface area contributed by atoms with Gasteiger partial charge < -0.3 is 5.32 Å². The molecule has 5 heteroatoms. The van der Waals surface area contributed by atoms with Crippen molar-refractivity contribution in [3.63, 3.8) is 0 Å². The highest BCUT2D eigenvalue weighted by Crippen LogP contribution is 2.36. The average Bonchev–Trinajstić information content (AvgIpc) is 3.08. The van der Waals surface area contributed by atoms with E-state index in [1.807, 2.05) is 66.7 Å². The summed E-state index contributed by atoms with van der Waals surface area (Å²) in [6.45, 7) is 0. The van der Waals surface area contributed by atoms with Crippen molar-refractivity contribution in [2.24, 2.45) is 0 Å². The molecule has 0 bridgehead atoms. The zero-order chi connectivity index (χ0) is 17.9. The summed E-state index contributed by atoms with van der Waals surface area (Å²) in [6, 6.07) is 23.6. The summed E-state index contributed by atoms with van der Waals surface area (Å²) in [5, 5.41) is 3.93. The fourth-order valence-electron chi connectivity index (χ4n) is 2.77. The molecule has 0 saturated heterocycles. The molecule has 0 saturated carbocycles. The van der Waals surface area contributed by atoms with E-state index in [1.54, 1.807) is 11.3 Å². The Morgan fingerprint density at radius 3 is 2.58 bits per heavy atom. The summed E-state index contributed by atoms with van der Waals surface area (Å²) in [5.74, 6) is -0.0408. The van der Waals surface area contributed by atoms with E-state index in [0.717, 1.165) is 36.5 Å². The number of fused-ring (bicyclic) bond motifs is 1. The van der Waals surface area contributed by atoms with Crippen LogP contribution >= 0.6 is 27.3 Å². The van der Waals surface area contributed by atoms with Gasteiger partial charge in [0.25, 0.3) is 0 Å². The highest BCUT2D eigenvalue weighted by molar-refractivity contribution is 9.10.